The van der Waals surface area contributed by atoms with E-state index in [2.05, 4.69) is 20.3 Å². The highest BCUT2D eigenvalue weighted by Gasteiger charge is 2.40. The number of aromatic nitrogens is 5. The van der Waals surface area contributed by atoms with Crippen LogP contribution in [0.1, 0.15) is 36.8 Å². The highest BCUT2D eigenvalue weighted by atomic mass is 35.5. The molecule has 4 heterocycles. The van der Waals surface area contributed by atoms with E-state index in [1.807, 2.05) is 13.8 Å². The van der Waals surface area contributed by atoms with E-state index in [1.54, 1.807) is 10.6 Å². The molecule has 3 aromatic heterocycles. The fourth-order valence-electron chi connectivity index (χ4n) is 5.04. The largest absolute Gasteiger partial charge is 0.473 e. The maximum Gasteiger partial charge on any atom is 0.280 e. The molecule has 9 nitrogen and oxygen atoms in total. The number of aromatic amines is 1. The van der Waals surface area contributed by atoms with E-state index in [0.29, 0.717) is 19.0 Å². The van der Waals surface area contributed by atoms with Crippen LogP contribution in [0, 0.1) is 22.9 Å². The fourth-order valence-corrected chi connectivity index (χ4v) is 5.20. The molecule has 5 aromatic rings. The van der Waals surface area contributed by atoms with Crippen LogP contribution in [0.15, 0.2) is 63.9 Å². The number of nitrogens with one attached hydrogen (secondary N) is 1. The zero-order chi connectivity index (χ0) is 30.3. The Morgan fingerprint density at radius 3 is 2.58 bits per heavy atom. The predicted octanol–water partition coefficient (Wildman–Crippen LogP) is 6.13. The van der Waals surface area contributed by atoms with Crippen molar-refractivity contribution in [3.63, 3.8) is 0 Å². The van der Waals surface area contributed by atoms with Gasteiger partial charge in [-0.25, -0.2) is 18.2 Å². The Balaban J connectivity index is 1.28. The molecule has 0 radical (unpaired) electrons. The van der Waals surface area contributed by atoms with Crippen molar-refractivity contribution < 1.29 is 27.2 Å². The molecule has 1 N–H and O–H groups in total. The van der Waals surface area contributed by atoms with Crippen molar-refractivity contribution in [2.75, 3.05) is 13.2 Å². The molecule has 1 atom stereocenters. The lowest BCUT2D eigenvalue weighted by Crippen LogP contribution is -2.27. The molecular formula is C30H25ClF3N5O4. The first-order chi connectivity index (χ1) is 20.6. The summed E-state index contributed by atoms with van der Waals surface area (Å²) in [7, 11) is 0. The van der Waals surface area contributed by atoms with Gasteiger partial charge in [-0.2, -0.15) is 5.16 Å². The van der Waals surface area contributed by atoms with Gasteiger partial charge in [-0.3, -0.25) is 4.79 Å². The van der Waals surface area contributed by atoms with Crippen molar-refractivity contribution in [3.05, 3.63) is 104 Å². The molecular weight excluding hydrogens is 587 g/mol. The summed E-state index contributed by atoms with van der Waals surface area (Å²) in [5.74, 6) is -1.03. The Hall–Kier alpha value is -4.42. The minimum Gasteiger partial charge on any atom is -0.473 e. The van der Waals surface area contributed by atoms with Gasteiger partial charge in [0, 0.05) is 34.1 Å². The summed E-state index contributed by atoms with van der Waals surface area (Å²) < 4.78 is 63.4. The molecule has 0 amide bonds. The zero-order valence-corrected chi connectivity index (χ0v) is 23.8. The zero-order valence-electron chi connectivity index (χ0n) is 23.0. The molecule has 2 aromatic carbocycles. The first-order valence-corrected chi connectivity index (χ1v) is 13.7. The molecule has 0 saturated carbocycles. The summed E-state index contributed by atoms with van der Waals surface area (Å²) >= 11 is 5.80. The van der Waals surface area contributed by atoms with Gasteiger partial charge in [0.1, 0.15) is 29.9 Å². The third kappa shape index (κ3) is 5.80. The number of ether oxygens (including phenoxy) is 2. The van der Waals surface area contributed by atoms with Crippen molar-refractivity contribution >= 4 is 11.6 Å². The SMILES string of the molecule is CC1(C)COCC1n1c(Cc2cc(F)c(-c3cccc(OCc4ccc(Cl)cc4F)n3)cc2F)nnc1-c1cc(=O)[nH]o1. The molecule has 0 aliphatic carbocycles. The van der Waals surface area contributed by atoms with Crippen molar-refractivity contribution in [1.29, 1.82) is 0 Å². The number of halogens is 4. The van der Waals surface area contributed by atoms with E-state index < -0.39 is 23.0 Å². The first kappa shape index (κ1) is 28.7. The van der Waals surface area contributed by atoms with Crippen molar-refractivity contribution in [2.24, 2.45) is 5.41 Å². The minimum atomic E-state index is -0.711. The monoisotopic (exact) mass is 611 g/mol. The van der Waals surface area contributed by atoms with Gasteiger partial charge in [0.05, 0.1) is 31.0 Å². The first-order valence-electron chi connectivity index (χ1n) is 13.3. The van der Waals surface area contributed by atoms with Gasteiger partial charge in [-0.1, -0.05) is 37.6 Å². The van der Waals surface area contributed by atoms with Crippen LogP contribution in [0.25, 0.3) is 22.8 Å². The molecule has 1 saturated heterocycles. The van der Waals surface area contributed by atoms with Crippen LogP contribution in [0.2, 0.25) is 5.02 Å². The summed E-state index contributed by atoms with van der Waals surface area (Å²) in [5.41, 5.74) is -0.425. The third-order valence-electron chi connectivity index (χ3n) is 7.35. The lowest BCUT2D eigenvalue weighted by atomic mass is 9.87. The normalized spacial score (nSPS) is 16.1. The standard InChI is InChI=1S/C30H25ClF3N5O4/c1-30(2)15-41-14-25(30)39-26(36-37-29(39)24-12-27(40)38-43-24)9-17-8-22(34)19(11-21(17)33)23-4-3-5-28(35-23)42-13-16-6-7-18(31)10-20(16)32/h3-8,10-12,25H,9,13-15H2,1-2H3,(H,38,40). The molecule has 1 fully saturated rings. The molecule has 1 aliphatic heterocycles. The van der Waals surface area contributed by atoms with Gasteiger partial charge in [0.2, 0.25) is 17.5 Å². The summed E-state index contributed by atoms with van der Waals surface area (Å²) in [6.07, 6.45) is -0.0967. The molecule has 1 unspecified atom stereocenters. The van der Waals surface area contributed by atoms with Gasteiger partial charge in [-0.05, 0) is 35.9 Å². The molecule has 0 bridgehead atoms. The smallest absolute Gasteiger partial charge is 0.280 e. The number of H-pyrrole nitrogens is 1. The second-order valence-electron chi connectivity index (χ2n) is 10.9. The van der Waals surface area contributed by atoms with E-state index >= 15 is 8.78 Å². The molecule has 43 heavy (non-hydrogen) atoms. The van der Waals surface area contributed by atoms with Crippen molar-refractivity contribution in [1.82, 2.24) is 24.9 Å². The van der Waals surface area contributed by atoms with Crippen LogP contribution in [-0.2, 0) is 17.8 Å². The van der Waals surface area contributed by atoms with Crippen molar-refractivity contribution in [3.8, 4) is 28.7 Å². The quantitative estimate of drug-likeness (QED) is 0.225. The average molecular weight is 612 g/mol. The third-order valence-corrected chi connectivity index (χ3v) is 7.58. The van der Waals surface area contributed by atoms with Crippen LogP contribution >= 0.6 is 11.6 Å². The number of hydrogen-bond acceptors (Lipinski definition) is 7. The van der Waals surface area contributed by atoms with Crippen LogP contribution in [0.4, 0.5) is 13.2 Å². The molecule has 0 spiro atoms. The topological polar surface area (TPSA) is 108 Å². The minimum absolute atomic E-state index is 0.0410. The van der Waals surface area contributed by atoms with Crippen LogP contribution in [-0.4, -0.2) is 38.1 Å². The highest BCUT2D eigenvalue weighted by molar-refractivity contribution is 6.30. The molecule has 6 rings (SSSR count). The van der Waals surface area contributed by atoms with E-state index in [0.717, 1.165) is 12.1 Å². The number of benzene rings is 2. The second-order valence-corrected chi connectivity index (χ2v) is 11.3. The lowest BCUT2D eigenvalue weighted by molar-refractivity contribution is 0.166. The fraction of sp³-hybridized carbons (Fsp3) is 0.267. The van der Waals surface area contributed by atoms with E-state index in [9.17, 15) is 9.18 Å². The van der Waals surface area contributed by atoms with Gasteiger partial charge in [-0.15, -0.1) is 10.2 Å². The van der Waals surface area contributed by atoms with Gasteiger partial charge >= 0.3 is 0 Å². The predicted molar refractivity (Wildman–Crippen MR) is 150 cm³/mol. The Morgan fingerprint density at radius 2 is 1.86 bits per heavy atom. The van der Waals surface area contributed by atoms with E-state index in [4.69, 9.17) is 25.6 Å². The Bertz CT molecular complexity index is 1870. The number of rotatable bonds is 8. The number of hydrogen-bond donors (Lipinski definition) is 1. The Morgan fingerprint density at radius 1 is 1.05 bits per heavy atom. The lowest BCUT2D eigenvalue weighted by Gasteiger charge is -2.27. The van der Waals surface area contributed by atoms with E-state index in [-0.39, 0.29) is 69.4 Å². The maximum absolute atomic E-state index is 15.5. The molecule has 222 valence electrons. The van der Waals surface area contributed by atoms with Gasteiger partial charge < -0.3 is 18.6 Å². The van der Waals surface area contributed by atoms with Crippen LogP contribution < -0.4 is 10.3 Å². The Labute approximate surface area is 248 Å². The van der Waals surface area contributed by atoms with Crippen LogP contribution in [0.3, 0.4) is 0 Å². The van der Waals surface area contributed by atoms with Crippen molar-refractivity contribution in [2.45, 2.75) is 32.9 Å². The summed E-state index contributed by atoms with van der Waals surface area (Å²) in [5, 5.41) is 11.0. The number of nitrogens with zero attached hydrogens (tertiary/aromatic N) is 4. The Kier molecular flexibility index (Phi) is 7.57. The van der Waals surface area contributed by atoms with Crippen LogP contribution in [0.5, 0.6) is 5.88 Å². The summed E-state index contributed by atoms with van der Waals surface area (Å²) in [6.45, 7) is 4.69. The second kappa shape index (κ2) is 11.3. The van der Waals surface area contributed by atoms with Gasteiger partial charge in [0.15, 0.2) is 0 Å². The molecule has 13 heteroatoms. The number of pyridine rings is 1. The van der Waals surface area contributed by atoms with Gasteiger partial charge in [0.25, 0.3) is 5.56 Å². The summed E-state index contributed by atoms with van der Waals surface area (Å²) in [4.78, 5) is 16.0. The van der Waals surface area contributed by atoms with E-state index in [1.165, 1.54) is 36.4 Å². The highest BCUT2D eigenvalue weighted by Crippen LogP contribution is 2.40. The summed E-state index contributed by atoms with van der Waals surface area (Å²) in [6, 6.07) is 12.0. The molecule has 1 aliphatic rings. The maximum atomic E-state index is 15.5. The average Bonchev–Trinajstić information content (AvgIpc) is 3.67.